The molecule has 100 valence electrons. The summed E-state index contributed by atoms with van der Waals surface area (Å²) in [4.78, 5) is 26.0. The highest BCUT2D eigenvalue weighted by Gasteiger charge is 2.33. The molecule has 1 fully saturated rings. The molecule has 3 rings (SSSR count). The molecule has 0 bridgehead atoms. The van der Waals surface area contributed by atoms with E-state index in [4.69, 9.17) is 10.8 Å². The van der Waals surface area contributed by atoms with Gasteiger partial charge in [-0.05, 0) is 6.42 Å². The maximum Gasteiger partial charge on any atom is 0.245 e. The fourth-order valence-electron chi connectivity index (χ4n) is 2.42. The molecule has 0 spiro atoms. The molecule has 3 heterocycles. The number of hydrogen-bond donors (Lipinski definition) is 2. The molecule has 1 aliphatic heterocycles. The highest BCUT2D eigenvalue weighted by atomic mass is 16.3. The summed E-state index contributed by atoms with van der Waals surface area (Å²) >= 11 is 0. The lowest BCUT2D eigenvalue weighted by atomic mass is 10.2. The van der Waals surface area contributed by atoms with Gasteiger partial charge < -0.3 is 20.3 Å². The van der Waals surface area contributed by atoms with Crippen LogP contribution in [0.5, 0.6) is 0 Å². The lowest BCUT2D eigenvalue weighted by Gasteiger charge is -2.15. The SMILES string of the molecule is Nc1ncnc2c1ncn2C1CCN(CCO)C1=O. The Morgan fingerprint density at radius 2 is 2.26 bits per heavy atom. The van der Waals surface area contributed by atoms with E-state index in [1.54, 1.807) is 15.8 Å². The molecule has 1 atom stereocenters. The molecule has 19 heavy (non-hydrogen) atoms. The summed E-state index contributed by atoms with van der Waals surface area (Å²) in [5.74, 6) is 0.284. The van der Waals surface area contributed by atoms with Gasteiger partial charge in [-0.25, -0.2) is 15.0 Å². The number of amides is 1. The molecule has 0 saturated carbocycles. The van der Waals surface area contributed by atoms with Crippen molar-refractivity contribution in [2.75, 3.05) is 25.4 Å². The van der Waals surface area contributed by atoms with Crippen LogP contribution in [0.3, 0.4) is 0 Å². The van der Waals surface area contributed by atoms with Crippen LogP contribution in [0, 0.1) is 0 Å². The fourth-order valence-corrected chi connectivity index (χ4v) is 2.42. The number of anilines is 1. The summed E-state index contributed by atoms with van der Waals surface area (Å²) in [6, 6.07) is -0.328. The summed E-state index contributed by atoms with van der Waals surface area (Å²) in [5, 5.41) is 8.92. The van der Waals surface area contributed by atoms with Gasteiger partial charge in [0.15, 0.2) is 11.5 Å². The quantitative estimate of drug-likeness (QED) is 0.747. The average Bonchev–Trinajstić information content (AvgIpc) is 2.96. The first kappa shape index (κ1) is 11.8. The average molecular weight is 262 g/mol. The molecule has 8 nitrogen and oxygen atoms in total. The van der Waals surface area contributed by atoms with Gasteiger partial charge in [-0.2, -0.15) is 0 Å². The predicted octanol–water partition coefficient (Wildman–Crippen LogP) is -0.826. The number of nitrogen functional groups attached to an aromatic ring is 1. The van der Waals surface area contributed by atoms with Gasteiger partial charge >= 0.3 is 0 Å². The smallest absolute Gasteiger partial charge is 0.245 e. The topological polar surface area (TPSA) is 110 Å². The number of fused-ring (bicyclic) bond motifs is 1. The zero-order valence-electron chi connectivity index (χ0n) is 10.2. The van der Waals surface area contributed by atoms with Crippen molar-refractivity contribution in [3.8, 4) is 0 Å². The number of aliphatic hydroxyl groups is 1. The van der Waals surface area contributed by atoms with E-state index in [0.717, 1.165) is 0 Å². The van der Waals surface area contributed by atoms with Gasteiger partial charge in [0.2, 0.25) is 5.91 Å². The van der Waals surface area contributed by atoms with Gasteiger partial charge in [0.25, 0.3) is 0 Å². The fraction of sp³-hybridized carbons (Fsp3) is 0.455. The number of hydrogen-bond acceptors (Lipinski definition) is 6. The van der Waals surface area contributed by atoms with E-state index in [1.165, 1.54) is 6.33 Å². The van der Waals surface area contributed by atoms with Crippen LogP contribution < -0.4 is 5.73 Å². The molecule has 1 unspecified atom stereocenters. The Kier molecular flexibility index (Phi) is 2.79. The third-order valence-corrected chi connectivity index (χ3v) is 3.36. The van der Waals surface area contributed by atoms with E-state index >= 15 is 0 Å². The molecule has 0 aliphatic carbocycles. The van der Waals surface area contributed by atoms with Crippen molar-refractivity contribution in [1.29, 1.82) is 0 Å². The second-order valence-electron chi connectivity index (χ2n) is 4.44. The van der Waals surface area contributed by atoms with Crippen molar-refractivity contribution in [2.45, 2.75) is 12.5 Å². The summed E-state index contributed by atoms with van der Waals surface area (Å²) in [5.41, 5.74) is 6.80. The number of carbonyl (C=O) groups excluding carboxylic acids is 1. The van der Waals surface area contributed by atoms with Gasteiger partial charge in [-0.1, -0.05) is 0 Å². The molecule has 2 aromatic rings. The van der Waals surface area contributed by atoms with Crippen LogP contribution in [-0.4, -0.2) is 55.1 Å². The highest BCUT2D eigenvalue weighted by molar-refractivity contribution is 5.86. The third kappa shape index (κ3) is 1.80. The summed E-state index contributed by atoms with van der Waals surface area (Å²) in [7, 11) is 0. The van der Waals surface area contributed by atoms with Crippen molar-refractivity contribution in [3.63, 3.8) is 0 Å². The lowest BCUT2D eigenvalue weighted by Crippen LogP contribution is -2.30. The van der Waals surface area contributed by atoms with E-state index in [9.17, 15) is 4.79 Å². The number of β-amino-alcohol motifs (C(OH)–C–C–N with tert-alkyl or cyclic N) is 1. The summed E-state index contributed by atoms with van der Waals surface area (Å²) < 4.78 is 1.73. The number of carbonyl (C=O) groups is 1. The Labute approximate surface area is 108 Å². The first-order chi connectivity index (χ1) is 9.22. The first-order valence-electron chi connectivity index (χ1n) is 6.05. The number of imidazole rings is 1. The van der Waals surface area contributed by atoms with Crippen molar-refractivity contribution in [2.24, 2.45) is 0 Å². The van der Waals surface area contributed by atoms with Crippen molar-refractivity contribution >= 4 is 22.9 Å². The molecule has 0 aromatic carbocycles. The van der Waals surface area contributed by atoms with Crippen LogP contribution in [-0.2, 0) is 4.79 Å². The molecule has 8 heteroatoms. The standard InChI is InChI=1S/C11H14N6O2/c12-9-8-10(14-5-13-9)17(6-15-8)7-1-2-16(3-4-18)11(7)19/h5-7,18H,1-4H2,(H2,12,13,14). The highest BCUT2D eigenvalue weighted by Crippen LogP contribution is 2.26. The van der Waals surface area contributed by atoms with E-state index in [2.05, 4.69) is 15.0 Å². The van der Waals surface area contributed by atoms with E-state index in [-0.39, 0.29) is 18.6 Å². The number of aliphatic hydroxyl groups excluding tert-OH is 1. The largest absolute Gasteiger partial charge is 0.395 e. The Hall–Kier alpha value is -2.22. The van der Waals surface area contributed by atoms with E-state index in [0.29, 0.717) is 36.5 Å². The third-order valence-electron chi connectivity index (χ3n) is 3.36. The van der Waals surface area contributed by atoms with E-state index < -0.39 is 0 Å². The van der Waals surface area contributed by atoms with Crippen LogP contribution in [0.15, 0.2) is 12.7 Å². The van der Waals surface area contributed by atoms with Gasteiger partial charge in [-0.15, -0.1) is 0 Å². The summed E-state index contributed by atoms with van der Waals surface area (Å²) in [6.07, 6.45) is 3.61. The van der Waals surface area contributed by atoms with Crippen molar-refractivity contribution in [1.82, 2.24) is 24.4 Å². The molecule has 3 N–H and O–H groups in total. The Bertz CT molecular complexity index is 625. The van der Waals surface area contributed by atoms with Crippen LogP contribution in [0.25, 0.3) is 11.2 Å². The lowest BCUT2D eigenvalue weighted by molar-refractivity contribution is -0.130. The number of nitrogens with zero attached hydrogens (tertiary/aromatic N) is 5. The minimum atomic E-state index is -0.328. The minimum Gasteiger partial charge on any atom is -0.395 e. The molecule has 1 aliphatic rings. The van der Waals surface area contributed by atoms with Gasteiger partial charge in [0.1, 0.15) is 17.9 Å². The zero-order valence-corrected chi connectivity index (χ0v) is 10.2. The van der Waals surface area contributed by atoms with Crippen molar-refractivity contribution in [3.05, 3.63) is 12.7 Å². The van der Waals surface area contributed by atoms with E-state index in [1.807, 2.05) is 0 Å². The minimum absolute atomic E-state index is 0.0227. The van der Waals surface area contributed by atoms with Crippen LogP contribution in [0.1, 0.15) is 12.5 Å². The predicted molar refractivity (Wildman–Crippen MR) is 67.1 cm³/mol. The normalized spacial score (nSPS) is 19.5. The first-order valence-corrected chi connectivity index (χ1v) is 6.05. The molecular formula is C11H14N6O2. The number of aromatic nitrogens is 4. The molecular weight excluding hydrogens is 248 g/mol. The maximum absolute atomic E-state index is 12.2. The second-order valence-corrected chi connectivity index (χ2v) is 4.44. The Morgan fingerprint density at radius 1 is 1.42 bits per heavy atom. The van der Waals surface area contributed by atoms with Crippen LogP contribution in [0.2, 0.25) is 0 Å². The van der Waals surface area contributed by atoms with Crippen LogP contribution in [0.4, 0.5) is 5.82 Å². The monoisotopic (exact) mass is 262 g/mol. The second kappa shape index (κ2) is 4.47. The van der Waals surface area contributed by atoms with Crippen molar-refractivity contribution < 1.29 is 9.90 Å². The van der Waals surface area contributed by atoms with Gasteiger partial charge in [0, 0.05) is 13.1 Å². The maximum atomic E-state index is 12.2. The number of likely N-dealkylation sites (tertiary alicyclic amines) is 1. The zero-order chi connectivity index (χ0) is 13.4. The number of rotatable bonds is 3. The van der Waals surface area contributed by atoms with Gasteiger partial charge in [-0.3, -0.25) is 4.79 Å². The molecule has 2 aromatic heterocycles. The Balaban J connectivity index is 1.98. The Morgan fingerprint density at radius 3 is 3.05 bits per heavy atom. The molecule has 0 radical (unpaired) electrons. The number of nitrogens with two attached hydrogens (primary N) is 1. The van der Waals surface area contributed by atoms with Crippen LogP contribution >= 0.6 is 0 Å². The molecule has 1 saturated heterocycles. The summed E-state index contributed by atoms with van der Waals surface area (Å²) in [6.45, 7) is 0.960. The van der Waals surface area contributed by atoms with Gasteiger partial charge in [0.05, 0.1) is 12.9 Å². The molecule has 1 amide bonds.